The van der Waals surface area contributed by atoms with E-state index in [9.17, 15) is 22.8 Å². The second kappa shape index (κ2) is 13.9. The lowest BCUT2D eigenvalue weighted by atomic mass is 10.1. The van der Waals surface area contributed by atoms with Gasteiger partial charge < -0.3 is 25.2 Å². The van der Waals surface area contributed by atoms with Crippen molar-refractivity contribution in [2.24, 2.45) is 4.99 Å². The van der Waals surface area contributed by atoms with Crippen LogP contribution in [0.4, 0.5) is 29.3 Å². The van der Waals surface area contributed by atoms with E-state index in [1.807, 2.05) is 30.9 Å². The highest BCUT2D eigenvalue weighted by atomic mass is 19.4. The van der Waals surface area contributed by atoms with Crippen LogP contribution in [0, 0.1) is 6.92 Å². The average Bonchev–Trinajstić information content (AvgIpc) is 2.90. The molecule has 0 aliphatic carbocycles. The number of rotatable bonds is 7. The number of alkyl halides is 3. The summed E-state index contributed by atoms with van der Waals surface area (Å²) >= 11 is 0. The first-order chi connectivity index (χ1) is 19.4. The van der Waals surface area contributed by atoms with Crippen molar-refractivity contribution in [1.82, 2.24) is 9.80 Å². The number of amides is 3. The molecule has 8 nitrogen and oxygen atoms in total. The Morgan fingerprint density at radius 3 is 2.34 bits per heavy atom. The predicted octanol–water partition coefficient (Wildman–Crippen LogP) is 6.82. The number of allylic oxidation sites excluding steroid dienone is 2. The van der Waals surface area contributed by atoms with Gasteiger partial charge in [-0.2, -0.15) is 13.2 Å². The molecule has 41 heavy (non-hydrogen) atoms. The Hall–Kier alpha value is -4.28. The fourth-order valence-electron chi connectivity index (χ4n) is 4.38. The van der Waals surface area contributed by atoms with E-state index in [1.54, 1.807) is 37.4 Å². The third kappa shape index (κ3) is 9.12. The van der Waals surface area contributed by atoms with Crippen LogP contribution in [0.5, 0.6) is 5.75 Å². The lowest BCUT2D eigenvalue weighted by molar-refractivity contribution is -0.138. The van der Waals surface area contributed by atoms with Crippen molar-refractivity contribution in [3.05, 3.63) is 77.6 Å². The second-order valence-corrected chi connectivity index (χ2v) is 9.79. The van der Waals surface area contributed by atoms with Crippen molar-refractivity contribution in [3.63, 3.8) is 0 Å². The van der Waals surface area contributed by atoms with E-state index in [4.69, 9.17) is 4.74 Å². The van der Waals surface area contributed by atoms with Crippen LogP contribution >= 0.6 is 0 Å². The summed E-state index contributed by atoms with van der Waals surface area (Å²) < 4.78 is 45.6. The molecule has 1 saturated heterocycles. The van der Waals surface area contributed by atoms with E-state index >= 15 is 0 Å². The number of ether oxygens (including phenoxy) is 1. The summed E-state index contributed by atoms with van der Waals surface area (Å²) in [5.74, 6) is 0.910. The van der Waals surface area contributed by atoms with E-state index < -0.39 is 17.8 Å². The molecule has 0 radical (unpaired) electrons. The third-order valence-corrected chi connectivity index (χ3v) is 6.54. The average molecular weight is 572 g/mol. The van der Waals surface area contributed by atoms with E-state index in [-0.39, 0.29) is 23.2 Å². The van der Waals surface area contributed by atoms with Crippen molar-refractivity contribution in [1.29, 1.82) is 0 Å². The van der Waals surface area contributed by atoms with Crippen molar-refractivity contribution >= 4 is 29.2 Å². The zero-order chi connectivity index (χ0) is 30.2. The van der Waals surface area contributed by atoms with Gasteiger partial charge in [-0.25, -0.2) is 9.79 Å². The summed E-state index contributed by atoms with van der Waals surface area (Å²) in [7, 11) is 0. The highest BCUT2D eigenvalue weighted by molar-refractivity contribution is 6.00. The molecule has 220 valence electrons. The van der Waals surface area contributed by atoms with Crippen molar-refractivity contribution < 1.29 is 27.5 Å². The molecule has 0 spiro atoms. The maximum atomic E-state index is 13.2. The highest BCUT2D eigenvalue weighted by Gasteiger charge is 2.32. The molecule has 11 heteroatoms. The van der Waals surface area contributed by atoms with Gasteiger partial charge >= 0.3 is 12.2 Å². The van der Waals surface area contributed by atoms with Gasteiger partial charge in [0.15, 0.2) is 0 Å². The number of urea groups is 1. The largest absolute Gasteiger partial charge is 0.439 e. The Morgan fingerprint density at radius 1 is 1.07 bits per heavy atom. The molecule has 1 atom stereocenters. The van der Waals surface area contributed by atoms with Gasteiger partial charge in [0.2, 0.25) is 11.8 Å². The Labute approximate surface area is 238 Å². The molecule has 2 N–H and O–H groups in total. The van der Waals surface area contributed by atoms with Gasteiger partial charge in [0.05, 0.1) is 5.56 Å². The van der Waals surface area contributed by atoms with Gasteiger partial charge in [0.25, 0.3) is 0 Å². The number of anilines is 2. The van der Waals surface area contributed by atoms with Gasteiger partial charge in [-0.3, -0.25) is 4.79 Å². The smallest absolute Gasteiger partial charge is 0.416 e. The molecule has 2 aromatic carbocycles. The zero-order valence-corrected chi connectivity index (χ0v) is 23.9. The molecule has 0 aromatic heterocycles. The fraction of sp³-hybridized carbons (Fsp3) is 0.367. The Balaban J connectivity index is 1.67. The van der Waals surface area contributed by atoms with Crippen molar-refractivity contribution in [2.75, 3.05) is 30.3 Å². The number of benzene rings is 2. The van der Waals surface area contributed by atoms with Crippen molar-refractivity contribution in [3.8, 4) is 5.75 Å². The number of nitrogens with one attached hydrogen (secondary N) is 2. The minimum atomic E-state index is -4.51. The number of nitrogens with zero attached hydrogens (tertiary/aromatic N) is 3. The molecule has 1 fully saturated rings. The summed E-state index contributed by atoms with van der Waals surface area (Å²) in [6, 6.07) is 9.61. The summed E-state index contributed by atoms with van der Waals surface area (Å²) in [6.45, 7) is 11.0. The van der Waals surface area contributed by atoms with Crippen LogP contribution in [0.1, 0.15) is 45.2 Å². The van der Waals surface area contributed by atoms with E-state index in [0.717, 1.165) is 18.2 Å². The summed E-state index contributed by atoms with van der Waals surface area (Å²) in [6.07, 6.45) is 1.71. The predicted molar refractivity (Wildman–Crippen MR) is 155 cm³/mol. The molecule has 3 amide bonds. The van der Waals surface area contributed by atoms with E-state index in [1.165, 1.54) is 19.1 Å². The first-order valence-corrected chi connectivity index (χ1v) is 13.3. The number of piperazine rings is 1. The number of halogens is 3. The molecule has 3 rings (SSSR count). The Morgan fingerprint density at radius 2 is 1.73 bits per heavy atom. The number of carbonyl (C=O) groups excluding carboxylic acids is 2. The molecule has 0 unspecified atom stereocenters. The van der Waals surface area contributed by atoms with Crippen LogP contribution < -0.4 is 15.4 Å². The summed E-state index contributed by atoms with van der Waals surface area (Å²) in [4.78, 5) is 32.6. The lowest BCUT2D eigenvalue weighted by Crippen LogP contribution is -2.52. The van der Waals surface area contributed by atoms with E-state index in [2.05, 4.69) is 27.4 Å². The first kappa shape index (κ1) is 31.3. The summed E-state index contributed by atoms with van der Waals surface area (Å²) in [5.41, 5.74) is 0.665. The van der Waals surface area contributed by atoms with Crippen LogP contribution in [0.25, 0.3) is 0 Å². The normalized spacial score (nSPS) is 16.6. The van der Waals surface area contributed by atoms with Crippen LogP contribution in [-0.2, 0) is 11.0 Å². The van der Waals surface area contributed by atoms with Gasteiger partial charge in [-0.15, -0.1) is 0 Å². The number of hydrogen-bond acceptors (Lipinski definition) is 5. The minimum Gasteiger partial charge on any atom is -0.439 e. The molecule has 1 heterocycles. The van der Waals surface area contributed by atoms with Crippen molar-refractivity contribution in [2.45, 2.75) is 53.3 Å². The molecule has 0 saturated carbocycles. The maximum absolute atomic E-state index is 13.2. The number of aliphatic imine (C=N–C) groups is 1. The standard InChI is InChI=1S/C30H36F3N5O3/c1-6-7-14-34-28(17-21(3)38-16-15-37(23(5)39)19-22(38)4)41-26-12-10-24(11-13-26)35-29(40)36-25-9-8-20(2)27(18-25)30(31,32)33/h7-14,17-18,22H,6,15-16,19H2,1-5H3,(H2,35,36,40)/b14-7+,21-17+,34-28+/t22-/m1/s1. The highest BCUT2D eigenvalue weighted by Crippen LogP contribution is 2.33. The monoisotopic (exact) mass is 571 g/mol. The van der Waals surface area contributed by atoms with Gasteiger partial charge in [0, 0.05) is 61.9 Å². The number of aryl methyl sites for hydroxylation is 1. The van der Waals surface area contributed by atoms with Crippen LogP contribution in [0.3, 0.4) is 0 Å². The Bertz CT molecular complexity index is 1320. The minimum absolute atomic E-state index is 0.0283. The number of hydrogen-bond donors (Lipinski definition) is 2. The van der Waals surface area contributed by atoms with E-state index in [0.29, 0.717) is 37.0 Å². The van der Waals surface area contributed by atoms with Gasteiger partial charge in [-0.1, -0.05) is 19.1 Å². The molecular formula is C30H36F3N5O3. The summed E-state index contributed by atoms with van der Waals surface area (Å²) in [5, 5.41) is 5.03. The first-order valence-electron chi connectivity index (χ1n) is 13.3. The maximum Gasteiger partial charge on any atom is 0.416 e. The van der Waals surface area contributed by atoms with Crippen LogP contribution in [0.2, 0.25) is 0 Å². The molecule has 1 aliphatic rings. The van der Waals surface area contributed by atoms with Crippen LogP contribution in [0.15, 0.2) is 71.5 Å². The topological polar surface area (TPSA) is 86.3 Å². The van der Waals surface area contributed by atoms with Gasteiger partial charge in [-0.05, 0) is 69.2 Å². The molecule has 2 aromatic rings. The van der Waals surface area contributed by atoms with Crippen LogP contribution in [-0.4, -0.2) is 53.3 Å². The SMILES string of the molecule is CC/C=C/N=C(\C=C(/C)N1CCN(C(C)=O)C[C@H]1C)Oc1ccc(NC(=O)Nc2ccc(C)c(C(F)(F)F)c2)cc1. The second-order valence-electron chi connectivity index (χ2n) is 9.79. The fourth-order valence-corrected chi connectivity index (χ4v) is 4.38. The van der Waals surface area contributed by atoms with Gasteiger partial charge in [0.1, 0.15) is 5.75 Å². The quantitative estimate of drug-likeness (QED) is 0.282. The Kier molecular flexibility index (Phi) is 10.6. The number of carbonyl (C=O) groups is 2. The zero-order valence-electron chi connectivity index (χ0n) is 23.9. The third-order valence-electron chi connectivity index (χ3n) is 6.54. The molecule has 1 aliphatic heterocycles. The molecule has 0 bridgehead atoms. The lowest BCUT2D eigenvalue weighted by Gasteiger charge is -2.41. The molecular weight excluding hydrogens is 535 g/mol.